The van der Waals surface area contributed by atoms with E-state index in [9.17, 15) is 9.59 Å². The van der Waals surface area contributed by atoms with Crippen molar-refractivity contribution in [3.63, 3.8) is 0 Å². The molecular weight excluding hydrogens is 520 g/mol. The first-order chi connectivity index (χ1) is 18.5. The summed E-state index contributed by atoms with van der Waals surface area (Å²) in [6, 6.07) is 15.7. The number of rotatable bonds is 7. The molecule has 7 nitrogen and oxygen atoms in total. The molecule has 2 aromatic carbocycles. The number of piperidine rings is 1. The van der Waals surface area contributed by atoms with Crippen molar-refractivity contribution in [2.45, 2.75) is 31.7 Å². The van der Waals surface area contributed by atoms with Crippen molar-refractivity contribution < 1.29 is 14.3 Å². The van der Waals surface area contributed by atoms with Crippen LogP contribution >= 0.6 is 22.9 Å². The molecule has 0 N–H and O–H groups in total. The number of carbonyl (C=O) groups excluding carboxylic acids is 2. The number of amides is 2. The van der Waals surface area contributed by atoms with Gasteiger partial charge in [0.05, 0.1) is 18.5 Å². The maximum atomic E-state index is 13.1. The van der Waals surface area contributed by atoms with Gasteiger partial charge in [0.2, 0.25) is 5.91 Å². The summed E-state index contributed by atoms with van der Waals surface area (Å²) in [6.07, 6.45) is 2.05. The van der Waals surface area contributed by atoms with Gasteiger partial charge in [-0.25, -0.2) is 4.98 Å². The van der Waals surface area contributed by atoms with Gasteiger partial charge in [0, 0.05) is 62.1 Å². The lowest BCUT2D eigenvalue weighted by atomic mass is 9.97. The predicted octanol–water partition coefficient (Wildman–Crippen LogP) is 4.71. The van der Waals surface area contributed by atoms with Crippen molar-refractivity contribution >= 4 is 34.8 Å². The molecule has 2 aliphatic rings. The van der Waals surface area contributed by atoms with Crippen LogP contribution in [0.4, 0.5) is 0 Å². The number of piperazine rings is 1. The Labute approximate surface area is 233 Å². The Balaban J connectivity index is 1.09. The number of halogens is 1. The number of ether oxygens (including phenoxy) is 1. The summed E-state index contributed by atoms with van der Waals surface area (Å²) >= 11 is 7.80. The molecule has 200 valence electrons. The van der Waals surface area contributed by atoms with E-state index in [1.807, 2.05) is 51.6 Å². The highest BCUT2D eigenvalue weighted by Gasteiger charge is 2.28. The van der Waals surface area contributed by atoms with Gasteiger partial charge in [-0.15, -0.1) is 11.3 Å². The van der Waals surface area contributed by atoms with Crippen LogP contribution in [0.15, 0.2) is 53.9 Å². The Morgan fingerprint density at radius 1 is 0.974 bits per heavy atom. The lowest BCUT2D eigenvalue weighted by Gasteiger charge is -2.34. The third-order valence-electron chi connectivity index (χ3n) is 7.46. The highest BCUT2D eigenvalue weighted by molar-refractivity contribution is 7.09. The van der Waals surface area contributed by atoms with Crippen molar-refractivity contribution in [3.05, 3.63) is 80.8 Å². The fraction of sp³-hybridized carbons (Fsp3) is 0.414. The summed E-state index contributed by atoms with van der Waals surface area (Å²) in [7, 11) is 1.67. The largest absolute Gasteiger partial charge is 0.497 e. The highest BCUT2D eigenvalue weighted by Crippen LogP contribution is 2.31. The second-order valence-electron chi connectivity index (χ2n) is 9.91. The number of likely N-dealkylation sites (tertiary alicyclic amines) is 1. The average Bonchev–Trinajstić information content (AvgIpc) is 3.45. The summed E-state index contributed by atoms with van der Waals surface area (Å²) in [5, 5.41) is 3.54. The summed E-state index contributed by atoms with van der Waals surface area (Å²) in [5.41, 5.74) is 2.66. The Bertz CT molecular complexity index is 1250. The van der Waals surface area contributed by atoms with E-state index in [0.717, 1.165) is 48.8 Å². The molecule has 0 atom stereocenters. The molecule has 5 rings (SSSR count). The quantitative estimate of drug-likeness (QED) is 0.425. The lowest BCUT2D eigenvalue weighted by molar-refractivity contribution is -0.131. The van der Waals surface area contributed by atoms with Crippen molar-refractivity contribution in [2.75, 3.05) is 46.4 Å². The minimum atomic E-state index is 0.0175. The van der Waals surface area contributed by atoms with Crippen LogP contribution in [0.2, 0.25) is 5.02 Å². The van der Waals surface area contributed by atoms with Crippen LogP contribution in [0.3, 0.4) is 0 Å². The highest BCUT2D eigenvalue weighted by atomic mass is 35.5. The van der Waals surface area contributed by atoms with Crippen molar-refractivity contribution in [1.82, 2.24) is 19.7 Å². The minimum Gasteiger partial charge on any atom is -0.497 e. The number of aromatic nitrogens is 1. The standard InChI is InChI=1S/C29H33ClN4O3S/c1-37-24-8-6-21(7-9-24)19-32-14-16-34(17-15-32)29(36)26-20-38-28(31-26)22-10-12-33(13-11-22)27(35)18-23-4-2-3-5-25(23)30/h2-9,20,22H,10-19H2,1H3. The van der Waals surface area contributed by atoms with Crippen LogP contribution in [0.25, 0.3) is 0 Å². The van der Waals surface area contributed by atoms with Crippen LogP contribution in [0.1, 0.15) is 45.4 Å². The van der Waals surface area contributed by atoms with Gasteiger partial charge in [0.25, 0.3) is 5.91 Å². The number of hydrogen-bond donors (Lipinski definition) is 0. The molecule has 2 fully saturated rings. The number of nitrogens with zero attached hydrogens (tertiary/aromatic N) is 4. The summed E-state index contributed by atoms with van der Waals surface area (Å²) in [5.74, 6) is 1.27. The number of hydrogen-bond acceptors (Lipinski definition) is 6. The van der Waals surface area contributed by atoms with Crippen molar-refractivity contribution in [1.29, 1.82) is 0 Å². The van der Waals surface area contributed by atoms with Gasteiger partial charge < -0.3 is 14.5 Å². The number of thiazole rings is 1. The third-order valence-corrected chi connectivity index (χ3v) is 8.84. The topological polar surface area (TPSA) is 66.0 Å². The third kappa shape index (κ3) is 6.37. The monoisotopic (exact) mass is 552 g/mol. The number of methoxy groups -OCH3 is 1. The Morgan fingerprint density at radius 3 is 2.37 bits per heavy atom. The van der Waals surface area contributed by atoms with Gasteiger partial charge in [-0.2, -0.15) is 0 Å². The predicted molar refractivity (Wildman–Crippen MR) is 150 cm³/mol. The number of benzene rings is 2. The lowest BCUT2D eigenvalue weighted by Crippen LogP contribution is -2.48. The molecule has 0 spiro atoms. The van der Waals surface area contributed by atoms with Gasteiger partial charge in [-0.3, -0.25) is 14.5 Å². The fourth-order valence-electron chi connectivity index (χ4n) is 5.13. The molecule has 3 aromatic rings. The van der Waals surface area contributed by atoms with Gasteiger partial charge >= 0.3 is 0 Å². The SMILES string of the molecule is COc1ccc(CN2CCN(C(=O)c3csc(C4CCN(C(=O)Cc5ccccc5Cl)CC4)n3)CC2)cc1. The molecule has 0 radical (unpaired) electrons. The molecule has 3 heterocycles. The first-order valence-electron chi connectivity index (χ1n) is 13.1. The first-order valence-corrected chi connectivity index (χ1v) is 14.4. The van der Waals surface area contributed by atoms with E-state index in [1.165, 1.54) is 5.56 Å². The molecule has 2 aliphatic heterocycles. The summed E-state index contributed by atoms with van der Waals surface area (Å²) in [6.45, 7) is 5.36. The molecule has 2 amide bonds. The smallest absolute Gasteiger partial charge is 0.273 e. The van der Waals surface area contributed by atoms with Gasteiger partial charge in [0.1, 0.15) is 11.4 Å². The van der Waals surface area contributed by atoms with Crippen LogP contribution < -0.4 is 4.74 Å². The Kier molecular flexibility index (Phi) is 8.61. The first kappa shape index (κ1) is 26.7. The van der Waals surface area contributed by atoms with Crippen LogP contribution in [-0.2, 0) is 17.8 Å². The van der Waals surface area contributed by atoms with E-state index < -0.39 is 0 Å². The Morgan fingerprint density at radius 2 is 1.68 bits per heavy atom. The molecule has 2 saturated heterocycles. The minimum absolute atomic E-state index is 0.0175. The zero-order valence-corrected chi connectivity index (χ0v) is 23.2. The van der Waals surface area contributed by atoms with Gasteiger partial charge in [0.15, 0.2) is 0 Å². The molecule has 1 aromatic heterocycles. The van der Waals surface area contributed by atoms with Gasteiger partial charge in [-0.05, 0) is 42.2 Å². The van der Waals surface area contributed by atoms with E-state index >= 15 is 0 Å². The maximum Gasteiger partial charge on any atom is 0.273 e. The van der Waals surface area contributed by atoms with E-state index in [0.29, 0.717) is 43.3 Å². The normalized spacial score (nSPS) is 17.0. The van der Waals surface area contributed by atoms with Crippen molar-refractivity contribution in [3.8, 4) is 5.75 Å². The zero-order chi connectivity index (χ0) is 26.5. The molecule has 38 heavy (non-hydrogen) atoms. The molecular formula is C29H33ClN4O3S. The van der Waals surface area contributed by atoms with E-state index in [4.69, 9.17) is 21.3 Å². The zero-order valence-electron chi connectivity index (χ0n) is 21.6. The number of carbonyl (C=O) groups is 2. The van der Waals surface area contributed by atoms with E-state index in [-0.39, 0.29) is 17.7 Å². The molecule has 0 bridgehead atoms. The fourth-order valence-corrected chi connectivity index (χ4v) is 6.29. The molecule has 9 heteroatoms. The second kappa shape index (κ2) is 12.3. The molecule has 0 unspecified atom stereocenters. The Hall–Kier alpha value is -2.94. The van der Waals surface area contributed by atoms with Crippen LogP contribution in [0.5, 0.6) is 5.75 Å². The summed E-state index contributed by atoms with van der Waals surface area (Å²) in [4.78, 5) is 36.9. The van der Waals surface area contributed by atoms with Crippen molar-refractivity contribution in [2.24, 2.45) is 0 Å². The van der Waals surface area contributed by atoms with E-state index in [1.54, 1.807) is 18.4 Å². The van der Waals surface area contributed by atoms with Crippen LogP contribution in [-0.4, -0.2) is 77.9 Å². The molecule has 0 saturated carbocycles. The second-order valence-corrected chi connectivity index (χ2v) is 11.2. The maximum absolute atomic E-state index is 13.1. The average molecular weight is 553 g/mol. The van der Waals surface area contributed by atoms with Gasteiger partial charge in [-0.1, -0.05) is 41.9 Å². The van der Waals surface area contributed by atoms with Crippen LogP contribution in [0, 0.1) is 0 Å². The van der Waals surface area contributed by atoms with E-state index in [2.05, 4.69) is 17.0 Å². The summed E-state index contributed by atoms with van der Waals surface area (Å²) < 4.78 is 5.24. The molecule has 0 aliphatic carbocycles.